The molecule has 13 rings (SSSR count). The van der Waals surface area contributed by atoms with Crippen molar-refractivity contribution < 1.29 is 0 Å². The Morgan fingerprint density at radius 3 is 2.41 bits per heavy atom. The Balaban J connectivity index is 0.791. The Hall–Kier alpha value is -4.93. The first-order chi connectivity index (χ1) is 31.4. The molecule has 64 heavy (non-hydrogen) atoms. The van der Waals surface area contributed by atoms with Crippen LogP contribution in [0.2, 0.25) is 0 Å². The van der Waals surface area contributed by atoms with Gasteiger partial charge in [-0.15, -0.1) is 11.8 Å². The van der Waals surface area contributed by atoms with Crippen LogP contribution in [-0.2, 0) is 10.8 Å². The molecule has 2 heterocycles. The van der Waals surface area contributed by atoms with Crippen LogP contribution in [0.4, 0.5) is 0 Å². The Bertz CT molecular complexity index is 2740. The van der Waals surface area contributed by atoms with Crippen LogP contribution in [0.15, 0.2) is 171 Å². The van der Waals surface area contributed by atoms with Gasteiger partial charge in [0.1, 0.15) is 11.7 Å². The summed E-state index contributed by atoms with van der Waals surface area (Å²) in [5.41, 5.74) is 15.3. The number of rotatable bonds is 5. The van der Waals surface area contributed by atoms with E-state index in [1.165, 1.54) is 65.5 Å². The van der Waals surface area contributed by atoms with Gasteiger partial charge in [-0.05, 0) is 136 Å². The quantitative estimate of drug-likeness (QED) is 0.304. The second kappa shape index (κ2) is 15.3. The molecule has 0 aromatic heterocycles. The highest BCUT2D eigenvalue weighted by molar-refractivity contribution is 8.04. The number of benzene rings is 2. The lowest BCUT2D eigenvalue weighted by atomic mass is 9.62. The van der Waals surface area contributed by atoms with Crippen LogP contribution in [0.3, 0.4) is 0 Å². The predicted molar refractivity (Wildman–Crippen MR) is 269 cm³/mol. The molecule has 322 valence electrons. The zero-order valence-corrected chi connectivity index (χ0v) is 38.4. The maximum Gasteiger partial charge on any atom is 0.168 e. The summed E-state index contributed by atoms with van der Waals surface area (Å²) >= 11 is 2.16. The van der Waals surface area contributed by atoms with E-state index in [2.05, 4.69) is 171 Å². The minimum absolute atomic E-state index is 0.00416. The molecule has 0 saturated heterocycles. The molecule has 2 aromatic rings. The van der Waals surface area contributed by atoms with Gasteiger partial charge in [0, 0.05) is 39.8 Å². The molecule has 1 spiro atoms. The van der Waals surface area contributed by atoms with Gasteiger partial charge < -0.3 is 5.32 Å². The van der Waals surface area contributed by atoms with Crippen LogP contribution in [0.1, 0.15) is 118 Å². The van der Waals surface area contributed by atoms with Gasteiger partial charge in [0.2, 0.25) is 0 Å². The Kier molecular flexibility index (Phi) is 9.45. The summed E-state index contributed by atoms with van der Waals surface area (Å²) in [4.78, 5) is 12.5. The number of aliphatic imine (C=N–C) groups is 2. The number of hydrogen-bond donors (Lipinski definition) is 1. The van der Waals surface area contributed by atoms with Crippen LogP contribution in [0, 0.1) is 35.5 Å². The molecule has 0 radical (unpaired) electrons. The SMILES string of the molecule is CC1(C)C2=CC3c4ccccc4C4(CCCCC4)C3C=C2c2cc(C3=CC4=C(CC3)SC3C4C=CCC3C3=NC(C4=CCC(C5C=CC=CC5)C=C4)N=C(C4C=CC=CC4)N3)ccc21. The molecular formula is C60H61N3S. The van der Waals surface area contributed by atoms with Gasteiger partial charge in [0.05, 0.1) is 0 Å². The van der Waals surface area contributed by atoms with Crippen molar-refractivity contribution in [3.8, 4) is 0 Å². The second-order valence-corrected chi connectivity index (χ2v) is 22.5. The fourth-order valence-electron chi connectivity index (χ4n) is 14.2. The topological polar surface area (TPSA) is 36.8 Å². The second-order valence-electron chi connectivity index (χ2n) is 21.2. The van der Waals surface area contributed by atoms with Gasteiger partial charge >= 0.3 is 0 Å². The smallest absolute Gasteiger partial charge is 0.168 e. The largest absolute Gasteiger partial charge is 0.332 e. The fraction of sp³-hybridized carbons (Fsp3) is 0.400. The van der Waals surface area contributed by atoms with E-state index in [1.54, 1.807) is 27.2 Å². The molecule has 9 atom stereocenters. The number of thioether (sulfide) groups is 1. The van der Waals surface area contributed by atoms with Crippen LogP contribution < -0.4 is 5.32 Å². The van der Waals surface area contributed by atoms with Crippen molar-refractivity contribution in [2.75, 3.05) is 0 Å². The fourth-order valence-corrected chi connectivity index (χ4v) is 15.8. The average Bonchev–Trinajstić information content (AvgIpc) is 3.94. The van der Waals surface area contributed by atoms with Crippen molar-refractivity contribution in [2.45, 2.75) is 113 Å². The first-order valence-corrected chi connectivity index (χ1v) is 25.7. The van der Waals surface area contributed by atoms with Gasteiger partial charge in [-0.2, -0.15) is 0 Å². The van der Waals surface area contributed by atoms with E-state index in [1.807, 2.05) is 0 Å². The van der Waals surface area contributed by atoms with E-state index in [0.717, 1.165) is 50.2 Å². The molecule has 4 heteroatoms. The number of hydrogen-bond acceptors (Lipinski definition) is 4. The lowest BCUT2D eigenvalue weighted by molar-refractivity contribution is 0.233. The number of amidine groups is 2. The van der Waals surface area contributed by atoms with Crippen molar-refractivity contribution in [1.82, 2.24) is 5.32 Å². The third-order valence-electron chi connectivity index (χ3n) is 17.5. The average molecular weight is 856 g/mol. The number of nitrogens with zero attached hydrogens (tertiary/aromatic N) is 2. The third-order valence-corrected chi connectivity index (χ3v) is 19.1. The molecule has 9 unspecified atom stereocenters. The lowest BCUT2D eigenvalue weighted by Crippen LogP contribution is -2.47. The molecule has 1 saturated carbocycles. The van der Waals surface area contributed by atoms with Gasteiger partial charge in [-0.1, -0.05) is 167 Å². The van der Waals surface area contributed by atoms with E-state index in [9.17, 15) is 0 Å². The maximum absolute atomic E-state index is 5.53. The summed E-state index contributed by atoms with van der Waals surface area (Å²) in [6.07, 6.45) is 51.3. The Morgan fingerprint density at radius 1 is 0.734 bits per heavy atom. The standard InChI is InChI=1S/C60H61N3S/c1-59(2)50-29-27-41(33-46(50)48-36-53-47(35-52(48)59)43-19-10-11-22-51(43)60(53)31-12-5-13-32-60)42-28-30-54-49(34-42)44-20-14-21-45(55(44)64-54)58-62-56(39-17-8-4-9-18-39)61-57(63-58)40-25-23-38(24-26-40)37-15-6-3-7-16-37/h3-4,6-11,14-15,17,19-20,22-23,25-27,29,33-39,44-45,47,53,55,57H,5,12-13,16,18,21,24,28,30-32H2,1-2H3,(H,61,62,63). The lowest BCUT2D eigenvalue weighted by Gasteiger charge is -2.41. The molecule has 2 aliphatic heterocycles. The van der Waals surface area contributed by atoms with Crippen LogP contribution in [0.5, 0.6) is 0 Å². The zero-order chi connectivity index (χ0) is 42.6. The maximum atomic E-state index is 5.53. The molecule has 1 N–H and O–H groups in total. The molecular weight excluding hydrogens is 795 g/mol. The molecule has 3 nitrogen and oxygen atoms in total. The van der Waals surface area contributed by atoms with Crippen molar-refractivity contribution in [3.63, 3.8) is 0 Å². The van der Waals surface area contributed by atoms with Gasteiger partial charge in [-0.25, -0.2) is 9.98 Å². The highest BCUT2D eigenvalue weighted by Crippen LogP contribution is 2.64. The van der Waals surface area contributed by atoms with Crippen LogP contribution in [0.25, 0.3) is 11.1 Å². The van der Waals surface area contributed by atoms with Crippen LogP contribution >= 0.6 is 11.8 Å². The minimum atomic E-state index is -0.197. The zero-order valence-electron chi connectivity index (χ0n) is 37.6. The van der Waals surface area contributed by atoms with Crippen molar-refractivity contribution in [3.05, 3.63) is 189 Å². The molecule has 0 bridgehead atoms. The van der Waals surface area contributed by atoms with Crippen molar-refractivity contribution in [2.24, 2.45) is 45.5 Å². The van der Waals surface area contributed by atoms with Gasteiger partial charge in [-0.3, -0.25) is 0 Å². The third kappa shape index (κ3) is 6.20. The van der Waals surface area contributed by atoms with E-state index >= 15 is 0 Å². The Labute approximate surface area is 385 Å². The highest BCUT2D eigenvalue weighted by atomic mass is 32.2. The number of nitrogens with one attached hydrogen (secondary N) is 1. The summed E-state index contributed by atoms with van der Waals surface area (Å²) in [7, 11) is 0. The van der Waals surface area contributed by atoms with E-state index < -0.39 is 0 Å². The van der Waals surface area contributed by atoms with E-state index in [0.29, 0.717) is 40.8 Å². The van der Waals surface area contributed by atoms with E-state index in [4.69, 9.17) is 9.98 Å². The molecule has 0 amide bonds. The minimum Gasteiger partial charge on any atom is -0.332 e. The monoisotopic (exact) mass is 855 g/mol. The molecule has 2 aromatic carbocycles. The van der Waals surface area contributed by atoms with Crippen LogP contribution in [-0.4, -0.2) is 23.1 Å². The predicted octanol–water partition coefficient (Wildman–Crippen LogP) is 14.1. The summed E-state index contributed by atoms with van der Waals surface area (Å²) in [6, 6.07) is 17.1. The first-order valence-electron chi connectivity index (χ1n) is 24.9. The summed E-state index contributed by atoms with van der Waals surface area (Å²) in [5, 5.41) is 4.33. The number of fused-ring (bicyclic) bond motifs is 10. The first kappa shape index (κ1) is 39.4. The summed E-state index contributed by atoms with van der Waals surface area (Å²) < 4.78 is 0. The highest BCUT2D eigenvalue weighted by Gasteiger charge is 2.54. The number of allylic oxidation sites excluding steroid dienone is 19. The van der Waals surface area contributed by atoms with Crippen molar-refractivity contribution >= 4 is 34.6 Å². The summed E-state index contributed by atoms with van der Waals surface area (Å²) in [6.45, 7) is 4.96. The van der Waals surface area contributed by atoms with Crippen molar-refractivity contribution in [1.29, 1.82) is 0 Å². The molecule has 1 fully saturated rings. The molecule has 11 aliphatic rings. The van der Waals surface area contributed by atoms with Gasteiger partial charge in [0.25, 0.3) is 0 Å². The Morgan fingerprint density at radius 2 is 1.58 bits per heavy atom. The summed E-state index contributed by atoms with van der Waals surface area (Å²) in [5.74, 6) is 5.31. The van der Waals surface area contributed by atoms with Gasteiger partial charge in [0.15, 0.2) is 6.17 Å². The normalized spacial score (nSPS) is 34.3. The molecule has 9 aliphatic carbocycles. The van der Waals surface area contributed by atoms with E-state index in [-0.39, 0.29) is 22.9 Å².